The lowest BCUT2D eigenvalue weighted by Gasteiger charge is -2.13. The Morgan fingerprint density at radius 1 is 1.03 bits per heavy atom. The molecule has 0 bridgehead atoms. The van der Waals surface area contributed by atoms with Crippen molar-refractivity contribution in [3.05, 3.63) is 94.8 Å². The number of carbonyl (C=O) groups is 1. The Morgan fingerprint density at radius 2 is 1.76 bits per heavy atom. The normalized spacial score (nSPS) is 16.9. The van der Waals surface area contributed by atoms with Crippen LogP contribution in [0.4, 0.5) is 14.9 Å². The third kappa shape index (κ3) is 4.68. The molecule has 2 atom stereocenters. The number of amides is 2. The average molecular weight is 505 g/mol. The zero-order chi connectivity index (χ0) is 22.9. The number of nitrogens with zero attached hydrogens (tertiary/aromatic N) is 2. The molecule has 0 radical (unpaired) electrons. The summed E-state index contributed by atoms with van der Waals surface area (Å²) in [5.74, 6) is 0.0582. The summed E-state index contributed by atoms with van der Waals surface area (Å²) in [5, 5.41) is 10.3. The smallest absolute Gasteiger partial charge is 0.319 e. The van der Waals surface area contributed by atoms with Gasteiger partial charge in [-0.15, -0.1) is 0 Å². The van der Waals surface area contributed by atoms with Crippen molar-refractivity contribution >= 4 is 27.6 Å². The zero-order valence-electron chi connectivity index (χ0n) is 17.9. The number of nitrogens with one attached hydrogen (secondary N) is 2. The van der Waals surface area contributed by atoms with Crippen LogP contribution in [0.2, 0.25) is 0 Å². The topological polar surface area (TPSA) is 59.0 Å². The summed E-state index contributed by atoms with van der Waals surface area (Å²) in [6.07, 6.45) is 2.66. The highest BCUT2D eigenvalue weighted by Crippen LogP contribution is 2.40. The summed E-state index contributed by atoms with van der Waals surface area (Å²) < 4.78 is 16.1. The van der Waals surface area contributed by atoms with Gasteiger partial charge in [0.15, 0.2) is 0 Å². The van der Waals surface area contributed by atoms with E-state index < -0.39 is 0 Å². The average Bonchev–Trinajstić information content (AvgIpc) is 3.49. The standard InChI is InChI=1S/C26H22BrFN4O/c1-32-25(23(27)15-29-32)19-11-18(16-7-9-20(28)10-8-16)12-21(13-19)30-26(33)31-24-14-22(24)17-5-3-2-4-6-17/h2-13,15,22,24H,14H2,1H3,(H2,30,31,33). The minimum absolute atomic E-state index is 0.123. The van der Waals surface area contributed by atoms with Crippen molar-refractivity contribution < 1.29 is 9.18 Å². The molecule has 1 aromatic heterocycles. The second-order valence-electron chi connectivity index (χ2n) is 8.23. The predicted octanol–water partition coefficient (Wildman–Crippen LogP) is 6.33. The Balaban J connectivity index is 1.40. The number of urea groups is 1. The molecule has 2 amide bonds. The van der Waals surface area contributed by atoms with E-state index in [1.165, 1.54) is 17.7 Å². The van der Waals surface area contributed by atoms with E-state index in [2.05, 4.69) is 43.8 Å². The van der Waals surface area contributed by atoms with Crippen molar-refractivity contribution in [3.8, 4) is 22.4 Å². The number of aryl methyl sites for hydroxylation is 1. The molecule has 4 aromatic rings. The number of aromatic nitrogens is 2. The van der Waals surface area contributed by atoms with E-state index in [-0.39, 0.29) is 17.9 Å². The van der Waals surface area contributed by atoms with Gasteiger partial charge in [-0.3, -0.25) is 4.68 Å². The molecule has 1 heterocycles. The van der Waals surface area contributed by atoms with Gasteiger partial charge in [-0.25, -0.2) is 9.18 Å². The fourth-order valence-electron chi connectivity index (χ4n) is 4.14. The van der Waals surface area contributed by atoms with E-state index in [0.717, 1.165) is 33.3 Å². The Hall–Kier alpha value is -3.45. The molecular weight excluding hydrogens is 483 g/mol. The number of benzene rings is 3. The highest BCUT2D eigenvalue weighted by atomic mass is 79.9. The first-order valence-corrected chi connectivity index (χ1v) is 11.5. The van der Waals surface area contributed by atoms with E-state index in [9.17, 15) is 9.18 Å². The lowest BCUT2D eigenvalue weighted by Crippen LogP contribution is -2.31. The van der Waals surface area contributed by atoms with Crippen LogP contribution in [0.5, 0.6) is 0 Å². The highest BCUT2D eigenvalue weighted by molar-refractivity contribution is 9.10. The van der Waals surface area contributed by atoms with Crippen LogP contribution in [-0.2, 0) is 7.05 Å². The van der Waals surface area contributed by atoms with Gasteiger partial charge in [-0.2, -0.15) is 5.10 Å². The third-order valence-corrected chi connectivity index (χ3v) is 6.45. The number of carbonyl (C=O) groups excluding carboxylic acids is 1. The Labute approximate surface area is 199 Å². The van der Waals surface area contributed by atoms with Crippen LogP contribution in [0.1, 0.15) is 17.9 Å². The lowest BCUT2D eigenvalue weighted by atomic mass is 10.0. The summed E-state index contributed by atoms with van der Waals surface area (Å²) in [5.41, 5.74) is 5.37. The molecule has 2 unspecified atom stereocenters. The minimum Gasteiger partial charge on any atom is -0.334 e. The number of halogens is 2. The molecule has 166 valence electrons. The van der Waals surface area contributed by atoms with Crippen molar-refractivity contribution in [1.29, 1.82) is 0 Å². The largest absolute Gasteiger partial charge is 0.334 e. The van der Waals surface area contributed by atoms with Gasteiger partial charge in [0.05, 0.1) is 16.4 Å². The molecular formula is C26H22BrFN4O. The first-order valence-electron chi connectivity index (χ1n) is 10.7. The second-order valence-corrected chi connectivity index (χ2v) is 9.08. The number of hydrogen-bond acceptors (Lipinski definition) is 2. The molecule has 5 nitrogen and oxygen atoms in total. The van der Waals surface area contributed by atoms with Gasteiger partial charge in [0, 0.05) is 30.3 Å². The molecule has 0 aliphatic heterocycles. The van der Waals surface area contributed by atoms with Gasteiger partial charge >= 0.3 is 6.03 Å². The van der Waals surface area contributed by atoms with Crippen LogP contribution in [0.25, 0.3) is 22.4 Å². The van der Waals surface area contributed by atoms with E-state index in [4.69, 9.17) is 0 Å². The molecule has 7 heteroatoms. The zero-order valence-corrected chi connectivity index (χ0v) is 19.5. The molecule has 2 N–H and O–H groups in total. The van der Waals surface area contributed by atoms with Crippen molar-refractivity contribution in [3.63, 3.8) is 0 Å². The molecule has 0 spiro atoms. The van der Waals surface area contributed by atoms with E-state index in [1.54, 1.807) is 23.0 Å². The van der Waals surface area contributed by atoms with Crippen LogP contribution in [-0.4, -0.2) is 21.9 Å². The molecule has 33 heavy (non-hydrogen) atoms. The van der Waals surface area contributed by atoms with Gasteiger partial charge in [0.1, 0.15) is 5.82 Å². The van der Waals surface area contributed by atoms with Crippen LogP contribution in [0.3, 0.4) is 0 Å². The summed E-state index contributed by atoms with van der Waals surface area (Å²) >= 11 is 3.56. The molecule has 1 fully saturated rings. The van der Waals surface area contributed by atoms with E-state index in [1.807, 2.05) is 43.4 Å². The maximum absolute atomic E-state index is 13.5. The third-order valence-electron chi connectivity index (χ3n) is 5.87. The first-order chi connectivity index (χ1) is 16.0. The van der Waals surface area contributed by atoms with Gasteiger partial charge < -0.3 is 10.6 Å². The van der Waals surface area contributed by atoms with Crippen LogP contribution in [0.15, 0.2) is 83.5 Å². The quantitative estimate of drug-likeness (QED) is 0.333. The maximum Gasteiger partial charge on any atom is 0.319 e. The van der Waals surface area contributed by atoms with Crippen LogP contribution in [0, 0.1) is 5.82 Å². The van der Waals surface area contributed by atoms with Crippen molar-refractivity contribution in [2.45, 2.75) is 18.4 Å². The molecule has 3 aromatic carbocycles. The lowest BCUT2D eigenvalue weighted by molar-refractivity contribution is 0.251. The summed E-state index contributed by atoms with van der Waals surface area (Å²) in [4.78, 5) is 12.8. The van der Waals surface area contributed by atoms with E-state index in [0.29, 0.717) is 11.6 Å². The molecule has 0 saturated heterocycles. The van der Waals surface area contributed by atoms with Crippen molar-refractivity contribution in [2.75, 3.05) is 5.32 Å². The monoisotopic (exact) mass is 504 g/mol. The number of hydrogen-bond donors (Lipinski definition) is 2. The fraction of sp³-hybridized carbons (Fsp3) is 0.154. The van der Waals surface area contributed by atoms with Crippen molar-refractivity contribution in [2.24, 2.45) is 7.05 Å². The summed E-state index contributed by atoms with van der Waals surface area (Å²) in [6.45, 7) is 0. The van der Waals surface area contributed by atoms with Crippen LogP contribution >= 0.6 is 15.9 Å². The summed E-state index contributed by atoms with van der Waals surface area (Å²) in [6, 6.07) is 22.2. The minimum atomic E-state index is -0.292. The predicted molar refractivity (Wildman–Crippen MR) is 131 cm³/mol. The molecule has 1 aliphatic carbocycles. The fourth-order valence-corrected chi connectivity index (χ4v) is 4.72. The van der Waals surface area contributed by atoms with Crippen molar-refractivity contribution in [1.82, 2.24) is 15.1 Å². The Kier molecular flexibility index (Phi) is 5.72. The summed E-state index contributed by atoms with van der Waals surface area (Å²) in [7, 11) is 1.86. The van der Waals surface area contributed by atoms with Gasteiger partial charge in [-0.05, 0) is 69.4 Å². The second kappa shape index (κ2) is 8.83. The first kappa shape index (κ1) is 21.4. The molecule has 1 aliphatic rings. The van der Waals surface area contributed by atoms with Gasteiger partial charge in [0.25, 0.3) is 0 Å². The number of rotatable bonds is 5. The number of anilines is 1. The SMILES string of the molecule is Cn1ncc(Br)c1-c1cc(NC(=O)NC2CC2c2ccccc2)cc(-c2ccc(F)cc2)c1. The molecule has 5 rings (SSSR count). The van der Waals surface area contributed by atoms with Crippen LogP contribution < -0.4 is 10.6 Å². The Bertz CT molecular complexity index is 1280. The maximum atomic E-state index is 13.5. The van der Waals surface area contributed by atoms with Gasteiger partial charge in [-0.1, -0.05) is 42.5 Å². The molecule has 1 saturated carbocycles. The highest BCUT2D eigenvalue weighted by Gasteiger charge is 2.39. The Morgan fingerprint density at radius 3 is 2.45 bits per heavy atom. The van der Waals surface area contributed by atoms with Gasteiger partial charge in [0.2, 0.25) is 0 Å². The van der Waals surface area contributed by atoms with E-state index >= 15 is 0 Å².